The molecule has 0 heterocycles. The summed E-state index contributed by atoms with van der Waals surface area (Å²) in [7, 11) is 0. The van der Waals surface area contributed by atoms with Gasteiger partial charge in [-0.15, -0.1) is 0 Å². The van der Waals surface area contributed by atoms with E-state index in [-0.39, 0.29) is 5.91 Å². The summed E-state index contributed by atoms with van der Waals surface area (Å²) < 4.78 is 0. The molecule has 1 amide bonds. The number of carbonyl (C=O) groups is 1. The number of anilines is 2. The number of para-hydroxylation sites is 1. The molecule has 0 aromatic heterocycles. The molecule has 19 heavy (non-hydrogen) atoms. The summed E-state index contributed by atoms with van der Waals surface area (Å²) in [6.07, 6.45) is 2.25. The summed E-state index contributed by atoms with van der Waals surface area (Å²) >= 11 is 0. The van der Waals surface area contributed by atoms with Crippen molar-refractivity contribution in [2.45, 2.75) is 19.3 Å². The van der Waals surface area contributed by atoms with Gasteiger partial charge in [0.2, 0.25) is 5.91 Å². The Balaban J connectivity index is 1.74. The number of nitrogens with two attached hydrogens (primary N) is 1. The molecule has 3 N–H and O–H groups in total. The van der Waals surface area contributed by atoms with E-state index in [1.54, 1.807) is 0 Å². The van der Waals surface area contributed by atoms with Crippen LogP contribution in [-0.4, -0.2) is 5.91 Å². The second-order valence-corrected chi connectivity index (χ2v) is 4.51. The second-order valence-electron chi connectivity index (χ2n) is 4.51. The molecule has 0 saturated carbocycles. The Kier molecular flexibility index (Phi) is 4.56. The molecule has 0 spiro atoms. The van der Waals surface area contributed by atoms with Gasteiger partial charge in [0.15, 0.2) is 0 Å². The number of aryl methyl sites for hydroxylation is 1. The van der Waals surface area contributed by atoms with Crippen LogP contribution in [0, 0.1) is 0 Å². The van der Waals surface area contributed by atoms with E-state index in [2.05, 4.69) is 5.32 Å². The fourth-order valence-corrected chi connectivity index (χ4v) is 1.88. The van der Waals surface area contributed by atoms with Crippen LogP contribution >= 0.6 is 0 Å². The van der Waals surface area contributed by atoms with Crippen LogP contribution in [0.25, 0.3) is 0 Å². The number of amides is 1. The maximum atomic E-state index is 11.7. The average molecular weight is 254 g/mol. The van der Waals surface area contributed by atoms with Gasteiger partial charge in [-0.1, -0.05) is 30.3 Å². The van der Waals surface area contributed by atoms with E-state index in [0.29, 0.717) is 6.42 Å². The van der Waals surface area contributed by atoms with E-state index in [9.17, 15) is 4.79 Å². The van der Waals surface area contributed by atoms with Crippen LogP contribution in [0.1, 0.15) is 18.4 Å². The average Bonchev–Trinajstić information content (AvgIpc) is 2.42. The predicted molar refractivity (Wildman–Crippen MR) is 78.9 cm³/mol. The number of hydrogen-bond donors (Lipinski definition) is 2. The van der Waals surface area contributed by atoms with Crippen molar-refractivity contribution in [2.24, 2.45) is 0 Å². The zero-order valence-corrected chi connectivity index (χ0v) is 10.8. The lowest BCUT2D eigenvalue weighted by atomic mass is 10.1. The van der Waals surface area contributed by atoms with Crippen LogP contribution < -0.4 is 11.1 Å². The number of hydrogen-bond acceptors (Lipinski definition) is 2. The maximum absolute atomic E-state index is 11.7. The van der Waals surface area contributed by atoms with Crippen molar-refractivity contribution in [3.05, 3.63) is 60.2 Å². The van der Waals surface area contributed by atoms with Gasteiger partial charge >= 0.3 is 0 Å². The van der Waals surface area contributed by atoms with E-state index in [4.69, 9.17) is 5.73 Å². The van der Waals surface area contributed by atoms with Gasteiger partial charge in [-0.2, -0.15) is 0 Å². The Morgan fingerprint density at radius 1 is 1.00 bits per heavy atom. The first kappa shape index (κ1) is 13.1. The molecule has 0 bridgehead atoms. The van der Waals surface area contributed by atoms with Gasteiger partial charge in [0.25, 0.3) is 0 Å². The maximum Gasteiger partial charge on any atom is 0.224 e. The number of carbonyl (C=O) groups excluding carboxylic acids is 1. The molecule has 0 radical (unpaired) electrons. The highest BCUT2D eigenvalue weighted by Crippen LogP contribution is 2.10. The number of nitrogen functional groups attached to an aromatic ring is 1. The summed E-state index contributed by atoms with van der Waals surface area (Å²) in [6.45, 7) is 0. The topological polar surface area (TPSA) is 55.1 Å². The molecular formula is C16H18N2O. The fraction of sp³-hybridized carbons (Fsp3) is 0.188. The zero-order valence-electron chi connectivity index (χ0n) is 10.8. The lowest BCUT2D eigenvalue weighted by Crippen LogP contribution is -2.11. The quantitative estimate of drug-likeness (QED) is 0.805. The fourth-order valence-electron chi connectivity index (χ4n) is 1.88. The van der Waals surface area contributed by atoms with Crippen LogP contribution in [0.3, 0.4) is 0 Å². The lowest BCUT2D eigenvalue weighted by Gasteiger charge is -2.05. The molecule has 0 aliphatic carbocycles. The molecule has 0 aliphatic rings. The van der Waals surface area contributed by atoms with E-state index in [0.717, 1.165) is 24.2 Å². The van der Waals surface area contributed by atoms with Gasteiger partial charge in [-0.25, -0.2) is 0 Å². The predicted octanol–water partition coefficient (Wildman–Crippen LogP) is 3.23. The van der Waals surface area contributed by atoms with Gasteiger partial charge in [0, 0.05) is 17.8 Å². The summed E-state index contributed by atoms with van der Waals surface area (Å²) in [5, 5.41) is 2.88. The molecule has 0 saturated heterocycles. The molecule has 2 rings (SSSR count). The standard InChI is InChI=1S/C16H18N2O/c17-14-11-9-13(10-12-14)5-4-8-16(19)18-15-6-2-1-3-7-15/h1-3,6-7,9-12H,4-5,8,17H2,(H,18,19). The summed E-state index contributed by atoms with van der Waals surface area (Å²) in [4.78, 5) is 11.7. The van der Waals surface area contributed by atoms with Crippen LogP contribution in [-0.2, 0) is 11.2 Å². The second kappa shape index (κ2) is 6.59. The lowest BCUT2D eigenvalue weighted by molar-refractivity contribution is -0.116. The first-order valence-corrected chi connectivity index (χ1v) is 6.43. The van der Waals surface area contributed by atoms with Crippen LogP contribution in [0.2, 0.25) is 0 Å². The minimum Gasteiger partial charge on any atom is -0.399 e. The minimum absolute atomic E-state index is 0.0571. The molecule has 0 aliphatic heterocycles. The van der Waals surface area contributed by atoms with Crippen LogP contribution in [0.5, 0.6) is 0 Å². The van der Waals surface area contributed by atoms with Crippen molar-refractivity contribution in [1.82, 2.24) is 0 Å². The van der Waals surface area contributed by atoms with Crippen LogP contribution in [0.4, 0.5) is 11.4 Å². The van der Waals surface area contributed by atoms with Crippen molar-refractivity contribution >= 4 is 17.3 Å². The molecule has 2 aromatic rings. The Morgan fingerprint density at radius 3 is 2.37 bits per heavy atom. The van der Waals surface area contributed by atoms with Gasteiger partial charge in [0.05, 0.1) is 0 Å². The number of rotatable bonds is 5. The van der Waals surface area contributed by atoms with E-state index in [1.165, 1.54) is 5.56 Å². The van der Waals surface area contributed by atoms with Gasteiger partial charge in [-0.05, 0) is 42.7 Å². The Labute approximate surface area is 113 Å². The SMILES string of the molecule is Nc1ccc(CCCC(=O)Nc2ccccc2)cc1. The van der Waals surface area contributed by atoms with E-state index in [1.807, 2.05) is 54.6 Å². The summed E-state index contributed by atoms with van der Waals surface area (Å²) in [6, 6.07) is 17.3. The Morgan fingerprint density at radius 2 is 1.68 bits per heavy atom. The summed E-state index contributed by atoms with van der Waals surface area (Å²) in [5.74, 6) is 0.0571. The van der Waals surface area contributed by atoms with E-state index < -0.39 is 0 Å². The Hall–Kier alpha value is -2.29. The third-order valence-electron chi connectivity index (χ3n) is 2.91. The minimum atomic E-state index is 0.0571. The zero-order chi connectivity index (χ0) is 13.5. The highest BCUT2D eigenvalue weighted by molar-refractivity contribution is 5.90. The van der Waals surface area contributed by atoms with Crippen molar-refractivity contribution < 1.29 is 4.79 Å². The normalized spacial score (nSPS) is 10.1. The molecule has 0 unspecified atom stereocenters. The first-order chi connectivity index (χ1) is 9.24. The van der Waals surface area contributed by atoms with Gasteiger partial charge in [0.1, 0.15) is 0 Å². The monoisotopic (exact) mass is 254 g/mol. The van der Waals surface area contributed by atoms with Gasteiger partial charge in [-0.3, -0.25) is 4.79 Å². The molecule has 2 aromatic carbocycles. The first-order valence-electron chi connectivity index (χ1n) is 6.43. The molecule has 3 heteroatoms. The smallest absolute Gasteiger partial charge is 0.224 e. The molecule has 98 valence electrons. The molecule has 0 fully saturated rings. The third kappa shape index (κ3) is 4.47. The van der Waals surface area contributed by atoms with E-state index >= 15 is 0 Å². The number of nitrogens with one attached hydrogen (secondary N) is 1. The number of benzene rings is 2. The largest absolute Gasteiger partial charge is 0.399 e. The third-order valence-corrected chi connectivity index (χ3v) is 2.91. The molecular weight excluding hydrogens is 236 g/mol. The molecule has 3 nitrogen and oxygen atoms in total. The highest BCUT2D eigenvalue weighted by Gasteiger charge is 2.02. The van der Waals surface area contributed by atoms with Crippen molar-refractivity contribution in [3.63, 3.8) is 0 Å². The van der Waals surface area contributed by atoms with Crippen molar-refractivity contribution in [2.75, 3.05) is 11.1 Å². The Bertz CT molecular complexity index is 520. The van der Waals surface area contributed by atoms with Gasteiger partial charge < -0.3 is 11.1 Å². The summed E-state index contributed by atoms with van der Waals surface area (Å²) in [5.41, 5.74) is 8.45. The van der Waals surface area contributed by atoms with Crippen molar-refractivity contribution in [3.8, 4) is 0 Å². The molecule has 0 atom stereocenters. The van der Waals surface area contributed by atoms with Crippen molar-refractivity contribution in [1.29, 1.82) is 0 Å². The highest BCUT2D eigenvalue weighted by atomic mass is 16.1. The van der Waals surface area contributed by atoms with Crippen LogP contribution in [0.15, 0.2) is 54.6 Å².